The van der Waals surface area contributed by atoms with Crippen molar-refractivity contribution in [1.82, 2.24) is 14.8 Å². The number of pyridine rings is 1. The Labute approximate surface area is 204 Å². The van der Waals surface area contributed by atoms with Gasteiger partial charge in [-0.3, -0.25) is 9.69 Å². The number of piperazine rings is 1. The second-order valence-corrected chi connectivity index (χ2v) is 9.19. The lowest BCUT2D eigenvalue weighted by Crippen LogP contribution is -2.48. The summed E-state index contributed by atoms with van der Waals surface area (Å²) in [5, 5.41) is 0.899. The fraction of sp³-hybridized carbons (Fsp3) is 0.241. The summed E-state index contributed by atoms with van der Waals surface area (Å²) in [7, 11) is 0. The molecule has 1 aromatic heterocycles. The molecule has 4 aromatic rings. The number of benzene rings is 3. The Morgan fingerprint density at radius 3 is 2.49 bits per heavy atom. The van der Waals surface area contributed by atoms with Gasteiger partial charge in [-0.2, -0.15) is 0 Å². The average Bonchev–Trinajstić information content (AvgIpc) is 3.36. The molecule has 0 saturated carbocycles. The van der Waals surface area contributed by atoms with Crippen molar-refractivity contribution in [2.75, 3.05) is 33.0 Å². The monoisotopic (exact) mass is 465 g/mol. The Kier molecular flexibility index (Phi) is 5.58. The molecular weight excluding hydrogens is 438 g/mol. The molecule has 1 fully saturated rings. The van der Waals surface area contributed by atoms with E-state index in [1.54, 1.807) is 0 Å². The van der Waals surface area contributed by atoms with Crippen LogP contribution in [0.2, 0.25) is 0 Å². The van der Waals surface area contributed by atoms with Gasteiger partial charge in [-0.05, 0) is 36.8 Å². The third-order valence-corrected chi connectivity index (χ3v) is 6.80. The van der Waals surface area contributed by atoms with Crippen LogP contribution < -0.4 is 9.47 Å². The highest BCUT2D eigenvalue weighted by molar-refractivity contribution is 6.07. The predicted octanol–water partition coefficient (Wildman–Crippen LogP) is 4.90. The molecule has 2 aliphatic heterocycles. The normalized spacial score (nSPS) is 15.5. The molecule has 3 heterocycles. The number of carbonyl (C=O) groups excluding carboxylic acids is 1. The van der Waals surface area contributed by atoms with Crippen molar-refractivity contribution in [2.24, 2.45) is 0 Å². The second kappa shape index (κ2) is 9.04. The van der Waals surface area contributed by atoms with Gasteiger partial charge in [0.25, 0.3) is 5.91 Å². The van der Waals surface area contributed by atoms with E-state index in [0.29, 0.717) is 13.1 Å². The van der Waals surface area contributed by atoms with Crippen molar-refractivity contribution in [1.29, 1.82) is 0 Å². The number of hydrogen-bond acceptors (Lipinski definition) is 5. The lowest BCUT2D eigenvalue weighted by Gasteiger charge is -2.35. The van der Waals surface area contributed by atoms with E-state index >= 15 is 0 Å². The molecule has 35 heavy (non-hydrogen) atoms. The minimum absolute atomic E-state index is 0.0692. The number of rotatable bonds is 4. The molecule has 0 aliphatic carbocycles. The van der Waals surface area contributed by atoms with Gasteiger partial charge in [0.15, 0.2) is 11.5 Å². The largest absolute Gasteiger partial charge is 0.454 e. The Hall–Kier alpha value is -3.90. The maximum absolute atomic E-state index is 13.7. The first-order valence-electron chi connectivity index (χ1n) is 12.0. The molecule has 2 aliphatic rings. The molecule has 6 nitrogen and oxygen atoms in total. The molecule has 0 spiro atoms. The van der Waals surface area contributed by atoms with Crippen LogP contribution in [0.3, 0.4) is 0 Å². The molecule has 1 amide bonds. The summed E-state index contributed by atoms with van der Waals surface area (Å²) in [6.45, 7) is 6.23. The van der Waals surface area contributed by atoms with Crippen molar-refractivity contribution < 1.29 is 14.3 Å². The number of hydrogen-bond donors (Lipinski definition) is 0. The van der Waals surface area contributed by atoms with Crippen molar-refractivity contribution in [3.63, 3.8) is 0 Å². The highest BCUT2D eigenvalue weighted by atomic mass is 16.7. The van der Waals surface area contributed by atoms with Gasteiger partial charge in [-0.1, -0.05) is 54.1 Å². The zero-order valence-corrected chi connectivity index (χ0v) is 19.7. The summed E-state index contributed by atoms with van der Waals surface area (Å²) in [5.74, 6) is 1.68. The SMILES string of the molecule is Cc1ccc(-c2cc(C(=O)N3CCN(Cc4ccc5c(c4)OCO5)CC3)c3ccccc3n2)cc1. The molecule has 0 radical (unpaired) electrons. The number of para-hydroxylation sites is 1. The van der Waals surface area contributed by atoms with Crippen LogP contribution in [0.25, 0.3) is 22.2 Å². The summed E-state index contributed by atoms with van der Waals surface area (Å²) in [6.07, 6.45) is 0. The number of fused-ring (bicyclic) bond motifs is 2. The molecule has 1 saturated heterocycles. The van der Waals surface area contributed by atoms with Gasteiger partial charge in [0.1, 0.15) is 0 Å². The van der Waals surface area contributed by atoms with Gasteiger partial charge in [-0.15, -0.1) is 0 Å². The Morgan fingerprint density at radius 2 is 1.66 bits per heavy atom. The maximum Gasteiger partial charge on any atom is 0.254 e. The number of nitrogens with zero attached hydrogens (tertiary/aromatic N) is 3. The van der Waals surface area contributed by atoms with E-state index in [9.17, 15) is 4.79 Å². The number of aromatic nitrogens is 1. The number of aryl methyl sites for hydroxylation is 1. The fourth-order valence-electron chi connectivity index (χ4n) is 4.80. The summed E-state index contributed by atoms with van der Waals surface area (Å²) in [4.78, 5) is 22.9. The fourth-order valence-corrected chi connectivity index (χ4v) is 4.80. The van der Waals surface area contributed by atoms with Crippen LogP contribution in [0.5, 0.6) is 11.5 Å². The molecule has 0 atom stereocenters. The smallest absolute Gasteiger partial charge is 0.254 e. The molecule has 0 bridgehead atoms. The standard InChI is InChI=1S/C29H27N3O3/c1-20-6-9-22(10-7-20)26-17-24(23-4-2-3-5-25(23)30-26)29(33)32-14-12-31(13-15-32)18-21-8-11-27-28(16-21)35-19-34-27/h2-11,16-17H,12-15,18-19H2,1H3. The molecule has 176 valence electrons. The van der Waals surface area contributed by atoms with E-state index < -0.39 is 0 Å². The number of amides is 1. The van der Waals surface area contributed by atoms with Gasteiger partial charge < -0.3 is 14.4 Å². The molecule has 6 rings (SSSR count). The van der Waals surface area contributed by atoms with Crippen LogP contribution in [0, 0.1) is 6.92 Å². The highest BCUT2D eigenvalue weighted by Gasteiger charge is 2.25. The van der Waals surface area contributed by atoms with Crippen LogP contribution in [0.1, 0.15) is 21.5 Å². The lowest BCUT2D eigenvalue weighted by molar-refractivity contribution is 0.0630. The van der Waals surface area contributed by atoms with Crippen LogP contribution >= 0.6 is 0 Å². The van der Waals surface area contributed by atoms with Crippen LogP contribution in [0.4, 0.5) is 0 Å². The van der Waals surface area contributed by atoms with E-state index in [0.717, 1.165) is 58.9 Å². The second-order valence-electron chi connectivity index (χ2n) is 9.19. The van der Waals surface area contributed by atoms with Crippen LogP contribution in [-0.2, 0) is 6.54 Å². The number of ether oxygens (including phenoxy) is 2. The van der Waals surface area contributed by atoms with E-state index in [-0.39, 0.29) is 12.7 Å². The molecule has 3 aromatic carbocycles. The predicted molar refractivity (Wildman–Crippen MR) is 136 cm³/mol. The Balaban J connectivity index is 1.20. The summed E-state index contributed by atoms with van der Waals surface area (Å²) >= 11 is 0. The Bertz CT molecular complexity index is 1390. The summed E-state index contributed by atoms with van der Waals surface area (Å²) in [5.41, 5.74) is 5.80. The van der Waals surface area contributed by atoms with Crippen molar-refractivity contribution in [3.05, 3.63) is 89.5 Å². The van der Waals surface area contributed by atoms with E-state index in [1.165, 1.54) is 11.1 Å². The summed E-state index contributed by atoms with van der Waals surface area (Å²) < 4.78 is 10.9. The van der Waals surface area contributed by atoms with Crippen LogP contribution in [0.15, 0.2) is 72.8 Å². The quantitative estimate of drug-likeness (QED) is 0.429. The topological polar surface area (TPSA) is 54.9 Å². The third-order valence-electron chi connectivity index (χ3n) is 6.80. The van der Waals surface area contributed by atoms with Crippen molar-refractivity contribution in [3.8, 4) is 22.8 Å². The Morgan fingerprint density at radius 1 is 0.886 bits per heavy atom. The zero-order valence-electron chi connectivity index (χ0n) is 19.7. The lowest BCUT2D eigenvalue weighted by atomic mass is 10.0. The molecular formula is C29H27N3O3. The van der Waals surface area contributed by atoms with Crippen molar-refractivity contribution >= 4 is 16.8 Å². The van der Waals surface area contributed by atoms with Gasteiger partial charge in [0, 0.05) is 43.7 Å². The molecule has 0 N–H and O–H groups in total. The van der Waals surface area contributed by atoms with E-state index in [4.69, 9.17) is 14.5 Å². The third kappa shape index (κ3) is 4.33. The van der Waals surface area contributed by atoms with Gasteiger partial charge >= 0.3 is 0 Å². The van der Waals surface area contributed by atoms with E-state index in [1.807, 2.05) is 41.3 Å². The first-order chi connectivity index (χ1) is 17.1. The zero-order chi connectivity index (χ0) is 23.8. The van der Waals surface area contributed by atoms with E-state index in [2.05, 4.69) is 48.2 Å². The first-order valence-corrected chi connectivity index (χ1v) is 12.0. The first kappa shape index (κ1) is 21.6. The summed E-state index contributed by atoms with van der Waals surface area (Å²) in [6, 6.07) is 24.2. The average molecular weight is 466 g/mol. The minimum Gasteiger partial charge on any atom is -0.454 e. The molecule has 0 unspecified atom stereocenters. The molecule has 6 heteroatoms. The maximum atomic E-state index is 13.7. The highest BCUT2D eigenvalue weighted by Crippen LogP contribution is 2.33. The number of carbonyl (C=O) groups is 1. The van der Waals surface area contributed by atoms with Crippen molar-refractivity contribution in [2.45, 2.75) is 13.5 Å². The van der Waals surface area contributed by atoms with Crippen LogP contribution in [-0.4, -0.2) is 53.7 Å². The van der Waals surface area contributed by atoms with Gasteiger partial charge in [-0.25, -0.2) is 4.98 Å². The van der Waals surface area contributed by atoms with Gasteiger partial charge in [0.2, 0.25) is 6.79 Å². The minimum atomic E-state index is 0.0692. The van der Waals surface area contributed by atoms with Gasteiger partial charge in [0.05, 0.1) is 16.8 Å².